The van der Waals surface area contributed by atoms with Crippen LogP contribution in [0.3, 0.4) is 0 Å². The van der Waals surface area contributed by atoms with Gasteiger partial charge in [-0.2, -0.15) is 11.8 Å². The van der Waals surface area contributed by atoms with Gasteiger partial charge in [0.15, 0.2) is 0 Å². The van der Waals surface area contributed by atoms with Crippen LogP contribution in [0.2, 0.25) is 0 Å². The van der Waals surface area contributed by atoms with Gasteiger partial charge in [-0.3, -0.25) is 0 Å². The Labute approximate surface area is 103 Å². The van der Waals surface area contributed by atoms with Crippen molar-refractivity contribution >= 4 is 17.8 Å². The highest BCUT2D eigenvalue weighted by Gasteiger charge is 2.40. The van der Waals surface area contributed by atoms with E-state index in [2.05, 4.69) is 13.8 Å². The van der Waals surface area contributed by atoms with Crippen LogP contribution in [0.4, 0.5) is 4.79 Å². The van der Waals surface area contributed by atoms with Crippen molar-refractivity contribution in [2.75, 3.05) is 31.6 Å². The largest absolute Gasteiger partial charge is 0.325 e. The molecule has 4 heteroatoms. The summed E-state index contributed by atoms with van der Waals surface area (Å²) in [5.41, 5.74) is 0.441. The van der Waals surface area contributed by atoms with Gasteiger partial charge in [0.2, 0.25) is 0 Å². The van der Waals surface area contributed by atoms with E-state index in [1.54, 1.807) is 0 Å². The van der Waals surface area contributed by atoms with Crippen molar-refractivity contribution in [1.82, 2.24) is 9.80 Å². The van der Waals surface area contributed by atoms with Crippen LogP contribution >= 0.6 is 11.8 Å². The maximum absolute atomic E-state index is 12.2. The normalized spacial score (nSPS) is 25.1. The third-order valence-electron chi connectivity index (χ3n) is 3.71. The molecule has 0 bridgehead atoms. The van der Waals surface area contributed by atoms with E-state index in [-0.39, 0.29) is 6.03 Å². The number of hydrogen-bond donors (Lipinski definition) is 0. The second-order valence-corrected chi connectivity index (χ2v) is 6.94. The topological polar surface area (TPSA) is 23.6 Å². The summed E-state index contributed by atoms with van der Waals surface area (Å²) in [5, 5.41) is 0. The van der Waals surface area contributed by atoms with E-state index in [1.807, 2.05) is 28.6 Å². The van der Waals surface area contributed by atoms with Gasteiger partial charge in [-0.15, -0.1) is 0 Å². The zero-order valence-corrected chi connectivity index (χ0v) is 11.3. The number of carbonyl (C=O) groups excluding carboxylic acids is 1. The standard InChI is InChI=1S/C12H22N2OS/c1-12(2)8-10(9-12)13(3)11(15)14-4-6-16-7-5-14/h10H,4-9H2,1-3H3. The molecule has 2 aliphatic rings. The lowest BCUT2D eigenvalue weighted by molar-refractivity contribution is 0.0490. The van der Waals surface area contributed by atoms with E-state index in [0.717, 1.165) is 37.4 Å². The van der Waals surface area contributed by atoms with Crippen LogP contribution < -0.4 is 0 Å². The molecule has 0 spiro atoms. The number of urea groups is 1. The summed E-state index contributed by atoms with van der Waals surface area (Å²) in [6, 6.07) is 0.706. The molecule has 2 amide bonds. The maximum Gasteiger partial charge on any atom is 0.320 e. The van der Waals surface area contributed by atoms with E-state index in [9.17, 15) is 4.79 Å². The Bertz CT molecular complexity index is 266. The molecule has 16 heavy (non-hydrogen) atoms. The van der Waals surface area contributed by atoms with Gasteiger partial charge in [-0.1, -0.05) is 13.8 Å². The molecule has 0 N–H and O–H groups in total. The van der Waals surface area contributed by atoms with Crippen molar-refractivity contribution in [3.8, 4) is 0 Å². The lowest BCUT2D eigenvalue weighted by Crippen LogP contribution is -2.54. The smallest absolute Gasteiger partial charge is 0.320 e. The first-order valence-corrected chi connectivity index (χ1v) is 7.24. The Kier molecular flexibility index (Phi) is 3.38. The third kappa shape index (κ3) is 2.47. The quantitative estimate of drug-likeness (QED) is 0.704. The Morgan fingerprint density at radius 3 is 2.38 bits per heavy atom. The van der Waals surface area contributed by atoms with Crippen LogP contribution in [0, 0.1) is 5.41 Å². The molecule has 0 aromatic heterocycles. The SMILES string of the molecule is CN(C(=O)N1CCSCC1)C1CC(C)(C)C1. The molecule has 1 saturated heterocycles. The van der Waals surface area contributed by atoms with Gasteiger partial charge in [0.05, 0.1) is 0 Å². The summed E-state index contributed by atoms with van der Waals surface area (Å²) in [4.78, 5) is 16.1. The minimum atomic E-state index is 0.237. The average Bonchev–Trinajstić information content (AvgIpc) is 2.25. The summed E-state index contributed by atoms with van der Waals surface area (Å²) >= 11 is 1.94. The summed E-state index contributed by atoms with van der Waals surface area (Å²) in [6.45, 7) is 6.40. The lowest BCUT2D eigenvalue weighted by Gasteiger charge is -2.48. The van der Waals surface area contributed by atoms with Crippen molar-refractivity contribution in [2.45, 2.75) is 32.7 Å². The summed E-state index contributed by atoms with van der Waals surface area (Å²) in [5.74, 6) is 2.19. The lowest BCUT2D eigenvalue weighted by atomic mass is 9.68. The Balaban J connectivity index is 1.85. The second kappa shape index (κ2) is 4.47. The van der Waals surface area contributed by atoms with Crippen LogP contribution in [-0.2, 0) is 0 Å². The first kappa shape index (κ1) is 12.1. The van der Waals surface area contributed by atoms with Gasteiger partial charge in [-0.25, -0.2) is 4.79 Å². The first-order chi connectivity index (χ1) is 7.49. The molecule has 0 atom stereocenters. The highest BCUT2D eigenvalue weighted by Crippen LogP contribution is 2.42. The number of rotatable bonds is 1. The summed E-state index contributed by atoms with van der Waals surface area (Å²) in [6.07, 6.45) is 2.30. The number of amides is 2. The highest BCUT2D eigenvalue weighted by molar-refractivity contribution is 7.99. The Hall–Kier alpha value is -0.380. The monoisotopic (exact) mass is 242 g/mol. The van der Waals surface area contributed by atoms with Gasteiger partial charge in [-0.05, 0) is 18.3 Å². The second-order valence-electron chi connectivity index (χ2n) is 5.72. The van der Waals surface area contributed by atoms with Crippen LogP contribution in [0.1, 0.15) is 26.7 Å². The van der Waals surface area contributed by atoms with Crippen LogP contribution in [-0.4, -0.2) is 53.5 Å². The molecule has 0 unspecified atom stereocenters. The fraction of sp³-hybridized carbons (Fsp3) is 0.917. The average molecular weight is 242 g/mol. The summed E-state index contributed by atoms with van der Waals surface area (Å²) in [7, 11) is 1.96. The van der Waals surface area contributed by atoms with E-state index in [0.29, 0.717) is 11.5 Å². The molecule has 1 saturated carbocycles. The molecule has 0 aromatic carbocycles. The maximum atomic E-state index is 12.2. The van der Waals surface area contributed by atoms with Crippen molar-refractivity contribution in [3.05, 3.63) is 0 Å². The van der Waals surface area contributed by atoms with Crippen molar-refractivity contribution in [3.63, 3.8) is 0 Å². The zero-order chi connectivity index (χ0) is 11.8. The van der Waals surface area contributed by atoms with Gasteiger partial charge in [0, 0.05) is 37.7 Å². The Morgan fingerprint density at radius 1 is 1.31 bits per heavy atom. The van der Waals surface area contributed by atoms with Gasteiger partial charge in [0.1, 0.15) is 0 Å². The molecule has 1 aliphatic heterocycles. The minimum Gasteiger partial charge on any atom is -0.325 e. The fourth-order valence-corrected chi connectivity index (χ4v) is 3.53. The number of carbonyl (C=O) groups is 1. The van der Waals surface area contributed by atoms with Crippen LogP contribution in [0.15, 0.2) is 0 Å². The predicted octanol–water partition coefficient (Wildman–Crippen LogP) is 2.28. The van der Waals surface area contributed by atoms with E-state index >= 15 is 0 Å². The van der Waals surface area contributed by atoms with Crippen molar-refractivity contribution in [2.24, 2.45) is 5.41 Å². The van der Waals surface area contributed by atoms with E-state index < -0.39 is 0 Å². The van der Waals surface area contributed by atoms with Crippen LogP contribution in [0.5, 0.6) is 0 Å². The number of thioether (sulfide) groups is 1. The summed E-state index contributed by atoms with van der Waals surface area (Å²) < 4.78 is 0. The molecule has 92 valence electrons. The van der Waals surface area contributed by atoms with E-state index in [4.69, 9.17) is 0 Å². The molecule has 1 aliphatic carbocycles. The fourth-order valence-electron chi connectivity index (χ4n) is 2.62. The van der Waals surface area contributed by atoms with E-state index in [1.165, 1.54) is 0 Å². The van der Waals surface area contributed by atoms with Crippen molar-refractivity contribution < 1.29 is 4.79 Å². The van der Waals surface area contributed by atoms with Crippen LogP contribution in [0.25, 0.3) is 0 Å². The highest BCUT2D eigenvalue weighted by atomic mass is 32.2. The molecule has 3 nitrogen and oxygen atoms in total. The van der Waals surface area contributed by atoms with Gasteiger partial charge >= 0.3 is 6.03 Å². The molecule has 1 heterocycles. The molecule has 0 radical (unpaired) electrons. The first-order valence-electron chi connectivity index (χ1n) is 6.09. The number of hydrogen-bond acceptors (Lipinski definition) is 2. The number of nitrogens with zero attached hydrogens (tertiary/aromatic N) is 2. The van der Waals surface area contributed by atoms with Gasteiger partial charge in [0.25, 0.3) is 0 Å². The van der Waals surface area contributed by atoms with Crippen molar-refractivity contribution in [1.29, 1.82) is 0 Å². The molecule has 2 rings (SSSR count). The molecular formula is C12H22N2OS. The molecule has 0 aromatic rings. The zero-order valence-electron chi connectivity index (χ0n) is 10.5. The molecular weight excluding hydrogens is 220 g/mol. The Morgan fingerprint density at radius 2 is 1.88 bits per heavy atom. The van der Waals surface area contributed by atoms with Gasteiger partial charge < -0.3 is 9.80 Å². The minimum absolute atomic E-state index is 0.237. The molecule has 2 fully saturated rings. The predicted molar refractivity (Wildman–Crippen MR) is 68.9 cm³/mol. The third-order valence-corrected chi connectivity index (χ3v) is 4.65.